The van der Waals surface area contributed by atoms with Gasteiger partial charge in [0.15, 0.2) is 0 Å². The molecule has 2 rings (SSSR count). The summed E-state index contributed by atoms with van der Waals surface area (Å²) in [5, 5.41) is 2.13. The molecule has 1 heterocycles. The predicted molar refractivity (Wildman–Crippen MR) is 67.9 cm³/mol. The second kappa shape index (κ2) is 5.47. The quantitative estimate of drug-likeness (QED) is 0.828. The van der Waals surface area contributed by atoms with Gasteiger partial charge < -0.3 is 5.73 Å². The van der Waals surface area contributed by atoms with Crippen molar-refractivity contribution in [1.82, 2.24) is 0 Å². The Hall–Kier alpha value is -0.600. The molecule has 1 fully saturated rings. The van der Waals surface area contributed by atoms with E-state index in [2.05, 4.69) is 23.6 Å². The molecule has 82 valence electrons. The highest BCUT2D eigenvalue weighted by atomic mass is 32.1. The van der Waals surface area contributed by atoms with Crippen LogP contribution in [0.2, 0.25) is 0 Å². The summed E-state index contributed by atoms with van der Waals surface area (Å²) in [5.41, 5.74) is 7.31. The molecule has 1 aliphatic rings. The summed E-state index contributed by atoms with van der Waals surface area (Å²) < 4.78 is 0. The van der Waals surface area contributed by atoms with Gasteiger partial charge in [-0.1, -0.05) is 30.9 Å². The van der Waals surface area contributed by atoms with Crippen LogP contribution in [0.1, 0.15) is 37.0 Å². The second-order valence-corrected chi connectivity index (χ2v) is 5.25. The van der Waals surface area contributed by atoms with Gasteiger partial charge in [0.1, 0.15) is 0 Å². The third-order valence-corrected chi connectivity index (χ3v) is 4.06. The molecule has 0 atom stereocenters. The highest BCUT2D eigenvalue weighted by Gasteiger charge is 2.16. The van der Waals surface area contributed by atoms with Crippen molar-refractivity contribution in [1.29, 1.82) is 0 Å². The van der Waals surface area contributed by atoms with Crippen LogP contribution in [0.5, 0.6) is 0 Å². The van der Waals surface area contributed by atoms with Crippen molar-refractivity contribution in [2.24, 2.45) is 11.7 Å². The van der Waals surface area contributed by atoms with Crippen LogP contribution in [0.15, 0.2) is 23.1 Å². The van der Waals surface area contributed by atoms with Crippen LogP contribution in [0.4, 0.5) is 0 Å². The molecule has 0 amide bonds. The van der Waals surface area contributed by atoms with E-state index in [1.165, 1.54) is 42.6 Å². The average molecular weight is 221 g/mol. The minimum Gasteiger partial charge on any atom is -0.327 e. The number of hydrogen-bond donors (Lipinski definition) is 1. The maximum atomic E-state index is 5.86. The minimum atomic E-state index is 0.725. The van der Waals surface area contributed by atoms with E-state index in [4.69, 9.17) is 5.73 Å². The van der Waals surface area contributed by atoms with Crippen LogP contribution in [0.3, 0.4) is 0 Å². The molecular formula is C13H19NS. The summed E-state index contributed by atoms with van der Waals surface area (Å²) in [6.07, 6.45) is 9.16. The van der Waals surface area contributed by atoms with E-state index in [9.17, 15) is 0 Å². The average Bonchev–Trinajstić information content (AvgIpc) is 2.80. The van der Waals surface area contributed by atoms with Gasteiger partial charge in [0.25, 0.3) is 0 Å². The lowest BCUT2D eigenvalue weighted by molar-refractivity contribution is 0.401. The zero-order valence-electron chi connectivity index (χ0n) is 9.11. The summed E-state index contributed by atoms with van der Waals surface area (Å²) in [5.74, 6) is 0.755. The first kappa shape index (κ1) is 10.9. The highest BCUT2D eigenvalue weighted by molar-refractivity contribution is 7.10. The smallest absolute Gasteiger partial charge is 0.0270 e. The fourth-order valence-electron chi connectivity index (χ4n) is 2.37. The maximum absolute atomic E-state index is 5.86. The molecule has 0 radical (unpaired) electrons. The molecule has 0 unspecified atom stereocenters. The molecule has 2 N–H and O–H groups in total. The van der Waals surface area contributed by atoms with E-state index in [0.29, 0.717) is 0 Å². The lowest BCUT2D eigenvalue weighted by Crippen LogP contribution is -2.15. The highest BCUT2D eigenvalue weighted by Crippen LogP contribution is 2.30. The Labute approximate surface area is 96.0 Å². The Morgan fingerprint density at radius 2 is 2.20 bits per heavy atom. The predicted octanol–water partition coefficient (Wildman–Crippen LogP) is 3.67. The first-order valence-electron chi connectivity index (χ1n) is 5.84. The number of thiophene rings is 1. The normalized spacial score (nSPS) is 19.4. The van der Waals surface area contributed by atoms with E-state index in [0.717, 1.165) is 12.5 Å². The van der Waals surface area contributed by atoms with Crippen molar-refractivity contribution < 1.29 is 0 Å². The van der Waals surface area contributed by atoms with Gasteiger partial charge in [-0.2, -0.15) is 0 Å². The van der Waals surface area contributed by atoms with E-state index in [1.807, 2.05) is 0 Å². The van der Waals surface area contributed by atoms with Crippen LogP contribution >= 0.6 is 11.3 Å². The number of hydrogen-bond acceptors (Lipinski definition) is 2. The Kier molecular flexibility index (Phi) is 3.98. The lowest BCUT2D eigenvalue weighted by atomic mass is 9.83. The molecule has 2 heteroatoms. The van der Waals surface area contributed by atoms with Crippen molar-refractivity contribution in [3.8, 4) is 0 Å². The minimum absolute atomic E-state index is 0.725. The van der Waals surface area contributed by atoms with E-state index in [-0.39, 0.29) is 0 Å². The van der Waals surface area contributed by atoms with E-state index < -0.39 is 0 Å². The molecule has 1 nitrogen and oxygen atoms in total. The second-order valence-electron chi connectivity index (χ2n) is 4.27. The molecule has 1 aromatic heterocycles. The van der Waals surface area contributed by atoms with Crippen LogP contribution in [-0.2, 0) is 0 Å². The summed E-state index contributed by atoms with van der Waals surface area (Å²) >= 11 is 1.80. The van der Waals surface area contributed by atoms with Crippen LogP contribution in [0.25, 0.3) is 6.08 Å². The fraction of sp³-hybridized carbons (Fsp3) is 0.538. The van der Waals surface area contributed by atoms with E-state index in [1.54, 1.807) is 11.3 Å². The van der Waals surface area contributed by atoms with Crippen molar-refractivity contribution in [2.75, 3.05) is 6.54 Å². The Morgan fingerprint density at radius 3 is 2.80 bits per heavy atom. The molecule has 15 heavy (non-hydrogen) atoms. The first-order chi connectivity index (χ1) is 7.40. The van der Waals surface area contributed by atoms with E-state index >= 15 is 0 Å². The third-order valence-electron chi connectivity index (χ3n) is 3.24. The molecule has 0 aliphatic heterocycles. The lowest BCUT2D eigenvalue weighted by Gasteiger charge is -2.23. The summed E-state index contributed by atoms with van der Waals surface area (Å²) in [4.78, 5) is 1.35. The van der Waals surface area contributed by atoms with Gasteiger partial charge >= 0.3 is 0 Å². The Morgan fingerprint density at radius 1 is 1.40 bits per heavy atom. The molecule has 0 aromatic carbocycles. The largest absolute Gasteiger partial charge is 0.327 e. The van der Waals surface area contributed by atoms with Gasteiger partial charge in [-0.05, 0) is 36.3 Å². The van der Waals surface area contributed by atoms with Crippen LogP contribution in [-0.4, -0.2) is 6.54 Å². The summed E-state index contributed by atoms with van der Waals surface area (Å²) in [7, 11) is 0. The topological polar surface area (TPSA) is 26.0 Å². The molecule has 0 bridgehead atoms. The Balaban J connectivity index is 2.08. The van der Waals surface area contributed by atoms with Crippen molar-refractivity contribution in [3.63, 3.8) is 0 Å². The fourth-order valence-corrected chi connectivity index (χ4v) is 3.06. The summed E-state index contributed by atoms with van der Waals surface area (Å²) in [6.45, 7) is 0.725. The van der Waals surface area contributed by atoms with Gasteiger partial charge in [-0.3, -0.25) is 0 Å². The van der Waals surface area contributed by atoms with Gasteiger partial charge in [-0.15, -0.1) is 11.3 Å². The van der Waals surface area contributed by atoms with Crippen LogP contribution < -0.4 is 5.73 Å². The van der Waals surface area contributed by atoms with Crippen molar-refractivity contribution in [2.45, 2.75) is 32.1 Å². The molecule has 0 spiro atoms. The van der Waals surface area contributed by atoms with Crippen molar-refractivity contribution >= 4 is 17.4 Å². The van der Waals surface area contributed by atoms with Gasteiger partial charge in [0.05, 0.1) is 0 Å². The molecule has 0 saturated heterocycles. The first-order valence-corrected chi connectivity index (χ1v) is 6.72. The summed E-state index contributed by atoms with van der Waals surface area (Å²) in [6, 6.07) is 4.27. The zero-order chi connectivity index (χ0) is 10.5. The third kappa shape index (κ3) is 2.93. The van der Waals surface area contributed by atoms with Gasteiger partial charge in [0.2, 0.25) is 0 Å². The molecule has 1 saturated carbocycles. The Bertz CT molecular complexity index is 307. The molecular weight excluding hydrogens is 202 g/mol. The molecule has 1 aromatic rings. The zero-order valence-corrected chi connectivity index (χ0v) is 9.93. The molecule has 1 aliphatic carbocycles. The number of nitrogens with two attached hydrogens (primary N) is 1. The SMILES string of the molecule is NCC(=Cc1cccs1)C1CCCCC1. The number of rotatable bonds is 3. The van der Waals surface area contributed by atoms with Crippen LogP contribution in [0, 0.1) is 5.92 Å². The maximum Gasteiger partial charge on any atom is 0.0270 e. The monoisotopic (exact) mass is 221 g/mol. The van der Waals surface area contributed by atoms with Gasteiger partial charge in [0, 0.05) is 11.4 Å². The van der Waals surface area contributed by atoms with Gasteiger partial charge in [-0.25, -0.2) is 0 Å². The van der Waals surface area contributed by atoms with Crippen molar-refractivity contribution in [3.05, 3.63) is 28.0 Å². The standard InChI is InChI=1S/C13H19NS/c14-10-12(9-13-7-4-8-15-13)11-5-2-1-3-6-11/h4,7-9,11H,1-3,5-6,10,14H2.